The molecule has 2 aromatic rings. The molecule has 0 saturated carbocycles. The monoisotopic (exact) mass is 438 g/mol. The molecule has 0 bridgehead atoms. The Labute approximate surface area is 175 Å². The second kappa shape index (κ2) is 9.14. The molecule has 2 heterocycles. The van der Waals surface area contributed by atoms with Gasteiger partial charge in [0.1, 0.15) is 0 Å². The van der Waals surface area contributed by atoms with E-state index in [0.717, 1.165) is 12.1 Å². The second-order valence-electron chi connectivity index (χ2n) is 7.16. The number of piperidine rings is 1. The number of tetrazole rings is 1. The highest BCUT2D eigenvalue weighted by Crippen LogP contribution is 2.31. The van der Waals surface area contributed by atoms with E-state index in [4.69, 9.17) is 5.11 Å². The maximum absolute atomic E-state index is 13.1. The smallest absolute Gasteiger partial charge is 0.416 e. The first-order valence-electron chi connectivity index (χ1n) is 9.53. The van der Waals surface area contributed by atoms with Crippen LogP contribution in [0.5, 0.6) is 0 Å². The Morgan fingerprint density at radius 1 is 1.29 bits per heavy atom. The molecule has 1 aromatic carbocycles. The van der Waals surface area contributed by atoms with Crippen LogP contribution in [0.15, 0.2) is 24.3 Å². The molecule has 0 spiro atoms. The van der Waals surface area contributed by atoms with Crippen molar-refractivity contribution in [2.24, 2.45) is 0 Å². The Morgan fingerprint density at radius 3 is 2.58 bits per heavy atom. The van der Waals surface area contributed by atoms with Gasteiger partial charge in [0.25, 0.3) is 0 Å². The van der Waals surface area contributed by atoms with Crippen molar-refractivity contribution in [3.8, 4) is 0 Å². The van der Waals surface area contributed by atoms with E-state index >= 15 is 0 Å². The maximum atomic E-state index is 13.1. The van der Waals surface area contributed by atoms with Gasteiger partial charge in [0.15, 0.2) is 5.82 Å². The van der Waals surface area contributed by atoms with Crippen LogP contribution in [0, 0.1) is 6.92 Å². The number of likely N-dealkylation sites (tertiary alicyclic amines) is 1. The number of amides is 2. The zero-order valence-corrected chi connectivity index (χ0v) is 16.6. The molecule has 0 radical (unpaired) electrons. The van der Waals surface area contributed by atoms with Crippen molar-refractivity contribution < 1.29 is 27.9 Å². The Kier molecular flexibility index (Phi) is 6.56. The summed E-state index contributed by atoms with van der Waals surface area (Å²) in [6.07, 6.45) is -1.85. The van der Waals surface area contributed by atoms with Gasteiger partial charge in [-0.2, -0.15) is 18.0 Å². The summed E-state index contributed by atoms with van der Waals surface area (Å²) in [6.45, 7) is 2.35. The number of nitrogens with one attached hydrogen (secondary N) is 1. The van der Waals surface area contributed by atoms with Crippen molar-refractivity contribution in [1.82, 2.24) is 30.4 Å². The van der Waals surface area contributed by atoms with Crippen LogP contribution in [0.25, 0.3) is 6.08 Å². The second-order valence-corrected chi connectivity index (χ2v) is 7.16. The highest BCUT2D eigenvalue weighted by atomic mass is 19.4. The topological polar surface area (TPSA) is 113 Å². The molecular weight excluding hydrogens is 417 g/mol. The molecule has 1 saturated heterocycles. The Hall–Kier alpha value is -3.44. The minimum Gasteiger partial charge on any atom is -0.465 e. The number of nitrogens with zero attached hydrogens (tertiary/aromatic N) is 5. The van der Waals surface area contributed by atoms with Crippen molar-refractivity contribution in [2.75, 3.05) is 13.1 Å². The fourth-order valence-corrected chi connectivity index (χ4v) is 3.31. The zero-order valence-electron chi connectivity index (χ0n) is 16.6. The van der Waals surface area contributed by atoms with Gasteiger partial charge in [0.05, 0.1) is 12.1 Å². The van der Waals surface area contributed by atoms with E-state index in [-0.39, 0.29) is 18.5 Å². The van der Waals surface area contributed by atoms with Crippen molar-refractivity contribution in [3.05, 3.63) is 46.8 Å². The molecule has 0 aliphatic carbocycles. The van der Waals surface area contributed by atoms with E-state index in [2.05, 4.69) is 20.7 Å². The normalized spacial score (nSPS) is 15.4. The number of benzene rings is 1. The van der Waals surface area contributed by atoms with Gasteiger partial charge >= 0.3 is 12.3 Å². The van der Waals surface area contributed by atoms with Crippen LogP contribution in [0.3, 0.4) is 0 Å². The predicted molar refractivity (Wildman–Crippen MR) is 103 cm³/mol. The van der Waals surface area contributed by atoms with Crippen LogP contribution >= 0.6 is 0 Å². The van der Waals surface area contributed by atoms with E-state index in [1.165, 1.54) is 23.0 Å². The SMILES string of the molecule is Cc1nnn(Cc2cc(C(F)(F)F)ccc2C=CC(=O)N2CCC(NC(=O)O)CC2)n1. The highest BCUT2D eigenvalue weighted by molar-refractivity contribution is 5.92. The molecule has 1 aliphatic heterocycles. The number of rotatable bonds is 5. The summed E-state index contributed by atoms with van der Waals surface area (Å²) < 4.78 is 39.4. The van der Waals surface area contributed by atoms with E-state index in [0.29, 0.717) is 42.9 Å². The van der Waals surface area contributed by atoms with E-state index in [9.17, 15) is 22.8 Å². The van der Waals surface area contributed by atoms with Gasteiger partial charge in [0, 0.05) is 25.2 Å². The van der Waals surface area contributed by atoms with Crippen LogP contribution in [0.4, 0.5) is 18.0 Å². The Morgan fingerprint density at radius 2 is 2.00 bits per heavy atom. The summed E-state index contributed by atoms with van der Waals surface area (Å²) in [5.74, 6) is 0.0920. The summed E-state index contributed by atoms with van der Waals surface area (Å²) >= 11 is 0. The number of carbonyl (C=O) groups excluding carboxylic acids is 1. The summed E-state index contributed by atoms with van der Waals surface area (Å²) in [4.78, 5) is 25.9. The molecule has 1 aromatic heterocycles. The van der Waals surface area contributed by atoms with Crippen LogP contribution < -0.4 is 5.32 Å². The minimum atomic E-state index is -4.51. The molecule has 1 aliphatic rings. The van der Waals surface area contributed by atoms with Crippen LogP contribution in [-0.4, -0.2) is 61.3 Å². The van der Waals surface area contributed by atoms with Crippen molar-refractivity contribution in [2.45, 2.75) is 38.5 Å². The third-order valence-corrected chi connectivity index (χ3v) is 4.87. The van der Waals surface area contributed by atoms with Gasteiger partial charge < -0.3 is 15.3 Å². The zero-order chi connectivity index (χ0) is 22.6. The van der Waals surface area contributed by atoms with Crippen LogP contribution in [0.2, 0.25) is 0 Å². The average molecular weight is 438 g/mol. The lowest BCUT2D eigenvalue weighted by molar-refractivity contribution is -0.137. The lowest BCUT2D eigenvalue weighted by atomic mass is 10.0. The Bertz CT molecular complexity index is 981. The first kappa shape index (κ1) is 22.2. The first-order chi connectivity index (χ1) is 14.6. The van der Waals surface area contributed by atoms with Gasteiger partial charge in [-0.15, -0.1) is 10.2 Å². The largest absolute Gasteiger partial charge is 0.465 e. The lowest BCUT2D eigenvalue weighted by Crippen LogP contribution is -2.45. The minimum absolute atomic E-state index is 0.0368. The molecule has 3 rings (SSSR count). The highest BCUT2D eigenvalue weighted by Gasteiger charge is 2.31. The van der Waals surface area contributed by atoms with Gasteiger partial charge in [-0.05, 0) is 54.3 Å². The van der Waals surface area contributed by atoms with Crippen molar-refractivity contribution in [1.29, 1.82) is 0 Å². The van der Waals surface area contributed by atoms with E-state index in [1.54, 1.807) is 11.8 Å². The summed E-state index contributed by atoms with van der Waals surface area (Å²) in [7, 11) is 0. The van der Waals surface area contributed by atoms with Crippen LogP contribution in [-0.2, 0) is 17.5 Å². The fraction of sp³-hybridized carbons (Fsp3) is 0.421. The maximum Gasteiger partial charge on any atom is 0.416 e. The summed E-state index contributed by atoms with van der Waals surface area (Å²) in [5.41, 5.74) is -0.0878. The lowest BCUT2D eigenvalue weighted by Gasteiger charge is -2.31. The molecule has 12 heteroatoms. The van der Waals surface area contributed by atoms with Crippen molar-refractivity contribution in [3.63, 3.8) is 0 Å². The third-order valence-electron chi connectivity index (χ3n) is 4.87. The standard InChI is InChI=1S/C19H21F3N6O3/c1-12-24-26-28(25-12)11-14-10-15(19(20,21)22)4-2-13(14)3-5-17(29)27-8-6-16(7-9-27)23-18(30)31/h2-5,10,16,23H,6-9,11H2,1H3,(H,30,31). The number of carboxylic acid groups (broad SMARTS) is 1. The van der Waals surface area contributed by atoms with Gasteiger partial charge in [-0.25, -0.2) is 4.79 Å². The number of aryl methyl sites for hydroxylation is 1. The van der Waals surface area contributed by atoms with Crippen LogP contribution in [0.1, 0.15) is 35.4 Å². The van der Waals surface area contributed by atoms with Crippen molar-refractivity contribution >= 4 is 18.1 Å². The number of carbonyl (C=O) groups is 2. The molecule has 1 fully saturated rings. The first-order valence-corrected chi connectivity index (χ1v) is 9.53. The Balaban J connectivity index is 1.74. The molecule has 2 amide bonds. The number of hydrogen-bond acceptors (Lipinski definition) is 5. The molecule has 0 atom stereocenters. The summed E-state index contributed by atoms with van der Waals surface area (Å²) in [6, 6.07) is 3.06. The van der Waals surface area contributed by atoms with Gasteiger partial charge in [-0.3, -0.25) is 4.79 Å². The molecular formula is C19H21F3N6O3. The quantitative estimate of drug-likeness (QED) is 0.693. The number of hydrogen-bond donors (Lipinski definition) is 2. The fourth-order valence-electron chi connectivity index (χ4n) is 3.31. The molecule has 0 unspecified atom stereocenters. The van der Waals surface area contributed by atoms with E-state index < -0.39 is 17.8 Å². The molecule has 166 valence electrons. The third kappa shape index (κ3) is 6.03. The molecule has 2 N–H and O–H groups in total. The van der Waals surface area contributed by atoms with Gasteiger partial charge in [-0.1, -0.05) is 6.07 Å². The molecule has 9 nitrogen and oxygen atoms in total. The predicted octanol–water partition coefficient (Wildman–Crippen LogP) is 2.32. The van der Waals surface area contributed by atoms with E-state index in [1.807, 2.05) is 0 Å². The number of alkyl halides is 3. The average Bonchev–Trinajstić information content (AvgIpc) is 3.10. The number of halogens is 3. The van der Waals surface area contributed by atoms with Gasteiger partial charge in [0.2, 0.25) is 5.91 Å². The summed E-state index contributed by atoms with van der Waals surface area (Å²) in [5, 5.41) is 22.7. The molecule has 31 heavy (non-hydrogen) atoms. The number of aromatic nitrogens is 4.